The number of hydrogen-bond acceptors (Lipinski definition) is 0. The van der Waals surface area contributed by atoms with Crippen molar-refractivity contribution in [3.63, 3.8) is 0 Å². The maximum absolute atomic E-state index is 2.27. The third kappa shape index (κ3) is 1.92. The highest BCUT2D eigenvalue weighted by Crippen LogP contribution is 2.61. The van der Waals surface area contributed by atoms with Crippen molar-refractivity contribution in [3.8, 4) is 0 Å². The predicted molar refractivity (Wildman–Crippen MR) is 81.2 cm³/mol. The van der Waals surface area contributed by atoms with Crippen LogP contribution < -0.4 is 0 Å². The van der Waals surface area contributed by atoms with Crippen LogP contribution in [0.1, 0.15) is 31.4 Å². The van der Waals surface area contributed by atoms with Crippen LogP contribution in [0.25, 0.3) is 0 Å². The van der Waals surface area contributed by atoms with Gasteiger partial charge in [-0.1, -0.05) is 72.3 Å². The van der Waals surface area contributed by atoms with Gasteiger partial charge in [-0.3, -0.25) is 0 Å². The predicted octanol–water partition coefficient (Wildman–Crippen LogP) is 4.96. The summed E-state index contributed by atoms with van der Waals surface area (Å²) in [7, 11) is 0. The quantitative estimate of drug-likeness (QED) is 0.673. The lowest BCUT2D eigenvalue weighted by atomic mass is 9.84. The molecule has 0 radical (unpaired) electrons. The first-order valence-corrected chi connectivity index (χ1v) is 7.03. The largest absolute Gasteiger partial charge is 0.0884 e. The molecular weight excluding hydrogens is 228 g/mol. The molecule has 3 rings (SSSR count). The summed E-state index contributed by atoms with van der Waals surface area (Å²) in [6.07, 6.45) is 3.50. The monoisotopic (exact) mass is 248 g/mol. The van der Waals surface area contributed by atoms with E-state index < -0.39 is 0 Å². The zero-order valence-electron chi connectivity index (χ0n) is 11.6. The Labute approximate surface area is 115 Å². The van der Waals surface area contributed by atoms with E-state index in [2.05, 4.69) is 80.6 Å². The lowest BCUT2D eigenvalue weighted by molar-refractivity contribution is 0.764. The first kappa shape index (κ1) is 12.2. The van der Waals surface area contributed by atoms with Crippen LogP contribution in [0.4, 0.5) is 0 Å². The Hall–Kier alpha value is -1.82. The number of rotatable bonds is 3. The van der Waals surface area contributed by atoms with Crippen LogP contribution in [0.2, 0.25) is 0 Å². The number of hydrogen-bond donors (Lipinski definition) is 0. The SMILES string of the molecule is C/C=C(/C)C1CC1(c1ccccc1)c1ccccc1. The summed E-state index contributed by atoms with van der Waals surface area (Å²) in [6, 6.07) is 21.9. The molecule has 0 amide bonds. The molecule has 0 N–H and O–H groups in total. The fourth-order valence-electron chi connectivity index (χ4n) is 3.29. The molecule has 0 nitrogen and oxygen atoms in total. The summed E-state index contributed by atoms with van der Waals surface area (Å²) in [5.41, 5.74) is 4.62. The van der Waals surface area contributed by atoms with Gasteiger partial charge in [0, 0.05) is 5.41 Å². The first-order chi connectivity index (χ1) is 9.29. The molecule has 0 heterocycles. The minimum atomic E-state index is 0.207. The topological polar surface area (TPSA) is 0 Å². The lowest BCUT2D eigenvalue weighted by Crippen LogP contribution is -2.12. The highest BCUT2D eigenvalue weighted by molar-refractivity contribution is 5.50. The van der Waals surface area contributed by atoms with Gasteiger partial charge < -0.3 is 0 Å². The van der Waals surface area contributed by atoms with Gasteiger partial charge in [0.25, 0.3) is 0 Å². The van der Waals surface area contributed by atoms with E-state index in [1.165, 1.54) is 23.1 Å². The minimum Gasteiger partial charge on any atom is -0.0884 e. The second-order valence-corrected chi connectivity index (χ2v) is 5.49. The second-order valence-electron chi connectivity index (χ2n) is 5.49. The number of allylic oxidation sites excluding steroid dienone is 2. The maximum atomic E-state index is 2.27. The van der Waals surface area contributed by atoms with E-state index >= 15 is 0 Å². The van der Waals surface area contributed by atoms with Crippen LogP contribution in [0.15, 0.2) is 72.3 Å². The van der Waals surface area contributed by atoms with E-state index in [0.29, 0.717) is 5.92 Å². The molecule has 96 valence electrons. The Morgan fingerprint density at radius 1 is 0.947 bits per heavy atom. The van der Waals surface area contributed by atoms with Crippen LogP contribution in [-0.4, -0.2) is 0 Å². The van der Waals surface area contributed by atoms with Crippen LogP contribution in [0.3, 0.4) is 0 Å². The Morgan fingerprint density at radius 2 is 1.42 bits per heavy atom. The molecule has 1 fully saturated rings. The average Bonchev–Trinajstić information content (AvgIpc) is 3.25. The Kier molecular flexibility index (Phi) is 3.02. The third-order valence-electron chi connectivity index (χ3n) is 4.54. The summed E-state index contributed by atoms with van der Waals surface area (Å²) in [5, 5.41) is 0. The molecule has 1 unspecified atom stereocenters. The van der Waals surface area contributed by atoms with Crippen LogP contribution >= 0.6 is 0 Å². The van der Waals surface area contributed by atoms with E-state index in [9.17, 15) is 0 Å². The molecule has 0 aliphatic heterocycles. The fraction of sp³-hybridized carbons (Fsp3) is 0.263. The molecule has 0 heteroatoms. The third-order valence-corrected chi connectivity index (χ3v) is 4.54. The zero-order chi connectivity index (χ0) is 13.3. The fourth-order valence-corrected chi connectivity index (χ4v) is 3.29. The highest BCUT2D eigenvalue weighted by Gasteiger charge is 2.56. The van der Waals surface area contributed by atoms with Crippen molar-refractivity contribution in [1.82, 2.24) is 0 Å². The Balaban J connectivity index is 2.10. The second kappa shape index (κ2) is 4.70. The van der Waals surface area contributed by atoms with E-state index in [1.54, 1.807) is 0 Å². The summed E-state index contributed by atoms with van der Waals surface area (Å²) in [4.78, 5) is 0. The van der Waals surface area contributed by atoms with E-state index in [-0.39, 0.29) is 5.41 Å². The molecule has 0 bridgehead atoms. The van der Waals surface area contributed by atoms with Gasteiger partial charge in [-0.2, -0.15) is 0 Å². The van der Waals surface area contributed by atoms with Crippen molar-refractivity contribution >= 4 is 0 Å². The van der Waals surface area contributed by atoms with Crippen molar-refractivity contribution < 1.29 is 0 Å². The molecule has 0 aromatic heterocycles. The molecule has 19 heavy (non-hydrogen) atoms. The molecule has 0 spiro atoms. The van der Waals surface area contributed by atoms with E-state index in [4.69, 9.17) is 0 Å². The summed E-state index contributed by atoms with van der Waals surface area (Å²) in [6.45, 7) is 4.41. The van der Waals surface area contributed by atoms with Crippen molar-refractivity contribution in [2.24, 2.45) is 5.92 Å². The normalized spacial score (nSPS) is 21.2. The van der Waals surface area contributed by atoms with Gasteiger partial charge >= 0.3 is 0 Å². The van der Waals surface area contributed by atoms with Crippen LogP contribution in [0, 0.1) is 5.92 Å². The first-order valence-electron chi connectivity index (χ1n) is 7.03. The molecule has 2 aromatic carbocycles. The van der Waals surface area contributed by atoms with Gasteiger partial charge in [0.15, 0.2) is 0 Å². The Bertz CT molecular complexity index is 538. The lowest BCUT2D eigenvalue weighted by Gasteiger charge is -2.19. The van der Waals surface area contributed by atoms with Crippen molar-refractivity contribution in [2.45, 2.75) is 25.7 Å². The van der Waals surface area contributed by atoms with E-state index in [1.807, 2.05) is 0 Å². The Morgan fingerprint density at radius 3 is 1.84 bits per heavy atom. The molecule has 0 saturated heterocycles. The van der Waals surface area contributed by atoms with E-state index in [0.717, 1.165) is 0 Å². The number of benzene rings is 2. The average molecular weight is 248 g/mol. The molecular formula is C19H20. The van der Waals surface area contributed by atoms with Gasteiger partial charge in [-0.25, -0.2) is 0 Å². The summed E-state index contributed by atoms with van der Waals surface area (Å²) < 4.78 is 0. The molecule has 1 atom stereocenters. The van der Waals surface area contributed by atoms with Gasteiger partial charge in [0.2, 0.25) is 0 Å². The summed E-state index contributed by atoms with van der Waals surface area (Å²) in [5.74, 6) is 0.655. The van der Waals surface area contributed by atoms with Crippen molar-refractivity contribution in [2.75, 3.05) is 0 Å². The molecule has 1 saturated carbocycles. The zero-order valence-corrected chi connectivity index (χ0v) is 11.6. The van der Waals surface area contributed by atoms with Crippen LogP contribution in [-0.2, 0) is 5.41 Å². The molecule has 2 aromatic rings. The molecule has 1 aliphatic carbocycles. The smallest absolute Gasteiger partial charge is 0.0274 e. The van der Waals surface area contributed by atoms with Gasteiger partial charge in [-0.05, 0) is 37.3 Å². The maximum Gasteiger partial charge on any atom is 0.0274 e. The van der Waals surface area contributed by atoms with Crippen LogP contribution in [0.5, 0.6) is 0 Å². The molecule has 1 aliphatic rings. The highest BCUT2D eigenvalue weighted by atomic mass is 14.6. The standard InChI is InChI=1S/C19H20/c1-3-15(2)18-14-19(18,16-10-6-4-7-11-16)17-12-8-5-9-13-17/h3-13,18H,14H2,1-2H3/b15-3-. The van der Waals surface area contributed by atoms with Gasteiger partial charge in [0.1, 0.15) is 0 Å². The van der Waals surface area contributed by atoms with Crippen molar-refractivity contribution in [3.05, 3.63) is 83.4 Å². The van der Waals surface area contributed by atoms with Gasteiger partial charge in [0.05, 0.1) is 0 Å². The van der Waals surface area contributed by atoms with Crippen molar-refractivity contribution in [1.29, 1.82) is 0 Å². The van der Waals surface area contributed by atoms with Gasteiger partial charge in [-0.15, -0.1) is 0 Å². The summed E-state index contributed by atoms with van der Waals surface area (Å²) >= 11 is 0. The minimum absolute atomic E-state index is 0.207.